The van der Waals surface area contributed by atoms with Crippen LogP contribution in [0.5, 0.6) is 0 Å². The van der Waals surface area contributed by atoms with E-state index in [1.807, 2.05) is 47.3 Å². The van der Waals surface area contributed by atoms with E-state index in [-0.39, 0.29) is 11.3 Å². The summed E-state index contributed by atoms with van der Waals surface area (Å²) >= 11 is 0. The van der Waals surface area contributed by atoms with Gasteiger partial charge in [0.1, 0.15) is 0 Å². The molecule has 132 valence electrons. The summed E-state index contributed by atoms with van der Waals surface area (Å²) < 4.78 is 1.87. The number of ketones is 1. The molecule has 0 fully saturated rings. The average Bonchev–Trinajstić information content (AvgIpc) is 3.15. The predicted molar refractivity (Wildman–Crippen MR) is 102 cm³/mol. The van der Waals surface area contributed by atoms with E-state index in [4.69, 9.17) is 5.11 Å². The van der Waals surface area contributed by atoms with Crippen LogP contribution in [0.2, 0.25) is 0 Å². The van der Waals surface area contributed by atoms with Gasteiger partial charge in [0.15, 0.2) is 0 Å². The number of hydrogen-bond acceptors (Lipinski definition) is 3. The zero-order valence-corrected chi connectivity index (χ0v) is 14.4. The first kappa shape index (κ1) is 16.7. The number of fused-ring (bicyclic) bond motifs is 1. The van der Waals surface area contributed by atoms with E-state index < -0.39 is 5.97 Å². The molecule has 4 aromatic rings. The predicted octanol–water partition coefficient (Wildman–Crippen LogP) is 4.01. The van der Waals surface area contributed by atoms with Gasteiger partial charge < -0.3 is 9.67 Å². The van der Waals surface area contributed by atoms with E-state index in [1.165, 1.54) is 12.1 Å². The number of benzene rings is 2. The van der Waals surface area contributed by atoms with E-state index in [1.54, 1.807) is 18.2 Å². The van der Waals surface area contributed by atoms with Gasteiger partial charge in [0, 0.05) is 29.9 Å². The maximum atomic E-state index is 12.8. The minimum Gasteiger partial charge on any atom is -0.478 e. The molecule has 27 heavy (non-hydrogen) atoms. The number of nitrogens with zero attached hydrogens (tertiary/aromatic N) is 2. The van der Waals surface area contributed by atoms with Crippen LogP contribution >= 0.6 is 0 Å². The largest absolute Gasteiger partial charge is 0.478 e. The van der Waals surface area contributed by atoms with Crippen molar-refractivity contribution in [3.63, 3.8) is 0 Å². The maximum Gasteiger partial charge on any atom is 0.335 e. The summed E-state index contributed by atoms with van der Waals surface area (Å²) in [5.41, 5.74) is 3.09. The van der Waals surface area contributed by atoms with Gasteiger partial charge in [-0.3, -0.25) is 9.78 Å². The summed E-state index contributed by atoms with van der Waals surface area (Å²) in [6.45, 7) is 0.527. The molecule has 0 saturated carbocycles. The Morgan fingerprint density at radius 2 is 1.67 bits per heavy atom. The Kier molecular flexibility index (Phi) is 4.26. The van der Waals surface area contributed by atoms with Crippen LogP contribution < -0.4 is 0 Å². The molecule has 0 radical (unpaired) electrons. The molecule has 0 aliphatic heterocycles. The molecule has 2 aromatic carbocycles. The Hall–Kier alpha value is -3.73. The van der Waals surface area contributed by atoms with Crippen molar-refractivity contribution < 1.29 is 14.7 Å². The molecule has 0 saturated heterocycles. The molecule has 0 amide bonds. The number of carbonyl (C=O) groups excluding carboxylic acids is 1. The Balaban J connectivity index is 1.61. The Labute approximate surface area is 155 Å². The van der Waals surface area contributed by atoms with Gasteiger partial charge in [0.2, 0.25) is 5.78 Å². The summed E-state index contributed by atoms with van der Waals surface area (Å²) in [7, 11) is 0. The number of carbonyl (C=O) groups is 2. The summed E-state index contributed by atoms with van der Waals surface area (Å²) in [6, 6.07) is 19.5. The van der Waals surface area contributed by atoms with E-state index in [0.717, 1.165) is 16.5 Å². The first-order chi connectivity index (χ1) is 13.1. The molecular formula is C22H16N2O3. The van der Waals surface area contributed by atoms with Gasteiger partial charge in [0.25, 0.3) is 0 Å². The monoisotopic (exact) mass is 356 g/mol. The normalized spacial score (nSPS) is 10.8. The molecule has 0 aliphatic carbocycles. The van der Waals surface area contributed by atoms with Crippen LogP contribution in [0.1, 0.15) is 32.0 Å². The maximum absolute atomic E-state index is 12.8. The highest BCUT2D eigenvalue weighted by Gasteiger charge is 2.14. The van der Waals surface area contributed by atoms with Crippen LogP contribution in [0.15, 0.2) is 79.1 Å². The summed E-state index contributed by atoms with van der Waals surface area (Å²) in [5, 5.41) is 10.0. The Bertz CT molecular complexity index is 1140. The molecule has 4 rings (SSSR count). The summed E-state index contributed by atoms with van der Waals surface area (Å²) in [4.78, 5) is 28.3. The third kappa shape index (κ3) is 3.35. The number of carboxylic acids is 1. The minimum absolute atomic E-state index is 0.148. The molecule has 2 heterocycles. The number of carboxylic acid groups (broad SMARTS) is 1. The molecule has 2 aromatic heterocycles. The molecule has 1 N–H and O–H groups in total. The topological polar surface area (TPSA) is 72.2 Å². The highest BCUT2D eigenvalue weighted by Crippen LogP contribution is 2.17. The quantitative estimate of drug-likeness (QED) is 0.548. The van der Waals surface area contributed by atoms with Crippen molar-refractivity contribution in [2.45, 2.75) is 6.54 Å². The lowest BCUT2D eigenvalue weighted by Gasteiger charge is -2.10. The van der Waals surface area contributed by atoms with Gasteiger partial charge in [-0.2, -0.15) is 0 Å². The molecule has 0 spiro atoms. The number of rotatable bonds is 5. The third-order valence-electron chi connectivity index (χ3n) is 4.46. The van der Waals surface area contributed by atoms with Gasteiger partial charge in [-0.05, 0) is 42.0 Å². The van der Waals surface area contributed by atoms with E-state index in [2.05, 4.69) is 11.1 Å². The van der Waals surface area contributed by atoms with E-state index in [0.29, 0.717) is 17.8 Å². The van der Waals surface area contributed by atoms with Crippen LogP contribution in [0.25, 0.3) is 10.9 Å². The molecule has 0 bridgehead atoms. The van der Waals surface area contributed by atoms with E-state index >= 15 is 0 Å². The van der Waals surface area contributed by atoms with Crippen molar-refractivity contribution in [2.24, 2.45) is 0 Å². The van der Waals surface area contributed by atoms with Crippen molar-refractivity contribution in [2.75, 3.05) is 0 Å². The van der Waals surface area contributed by atoms with Crippen molar-refractivity contribution in [3.8, 4) is 0 Å². The summed E-state index contributed by atoms with van der Waals surface area (Å²) in [5.74, 6) is -1.16. The minimum atomic E-state index is -1.01. The van der Waals surface area contributed by atoms with Crippen molar-refractivity contribution in [1.82, 2.24) is 9.55 Å². The lowest BCUT2D eigenvalue weighted by atomic mass is 10.1. The molecular weight excluding hydrogens is 340 g/mol. The van der Waals surface area contributed by atoms with Crippen molar-refractivity contribution in [3.05, 3.63) is 102 Å². The van der Waals surface area contributed by atoms with Gasteiger partial charge >= 0.3 is 5.97 Å². The molecule has 0 aliphatic rings. The van der Waals surface area contributed by atoms with Crippen LogP contribution in [0.3, 0.4) is 0 Å². The van der Waals surface area contributed by atoms with Crippen LogP contribution in [0, 0.1) is 0 Å². The third-order valence-corrected chi connectivity index (χ3v) is 4.46. The zero-order valence-electron chi connectivity index (χ0n) is 14.4. The first-order valence-corrected chi connectivity index (χ1v) is 8.49. The fourth-order valence-corrected chi connectivity index (χ4v) is 3.07. The molecule has 5 nitrogen and oxygen atoms in total. The highest BCUT2D eigenvalue weighted by atomic mass is 16.4. The lowest BCUT2D eigenvalue weighted by Crippen LogP contribution is -2.11. The van der Waals surface area contributed by atoms with Crippen molar-refractivity contribution in [1.29, 1.82) is 0 Å². The SMILES string of the molecule is O=C(O)c1ccc(C(=O)c2cccn2Cc2cnc3ccccc3c2)cc1. The second-order valence-electron chi connectivity index (χ2n) is 6.27. The second-order valence-corrected chi connectivity index (χ2v) is 6.27. The lowest BCUT2D eigenvalue weighted by molar-refractivity contribution is 0.0696. The zero-order chi connectivity index (χ0) is 18.8. The van der Waals surface area contributed by atoms with Gasteiger partial charge in [-0.1, -0.05) is 30.3 Å². The standard InChI is InChI=1S/C22H16N2O3/c25-21(16-7-9-17(10-8-16)22(26)27)20-6-3-11-24(20)14-15-12-18-4-1-2-5-19(18)23-13-15/h1-13H,14H2,(H,26,27). The fourth-order valence-electron chi connectivity index (χ4n) is 3.07. The Morgan fingerprint density at radius 3 is 2.44 bits per heavy atom. The first-order valence-electron chi connectivity index (χ1n) is 8.49. The van der Waals surface area contributed by atoms with Crippen molar-refractivity contribution >= 4 is 22.7 Å². The highest BCUT2D eigenvalue weighted by molar-refractivity contribution is 6.08. The van der Waals surface area contributed by atoms with Crippen LogP contribution in [0.4, 0.5) is 0 Å². The van der Waals surface area contributed by atoms with Gasteiger partial charge in [-0.25, -0.2) is 4.79 Å². The number of aromatic carboxylic acids is 1. The number of pyridine rings is 1. The smallest absolute Gasteiger partial charge is 0.335 e. The summed E-state index contributed by atoms with van der Waals surface area (Å²) in [6.07, 6.45) is 3.67. The Morgan fingerprint density at radius 1 is 0.926 bits per heavy atom. The van der Waals surface area contributed by atoms with E-state index in [9.17, 15) is 9.59 Å². The fraction of sp³-hybridized carbons (Fsp3) is 0.0455. The van der Waals surface area contributed by atoms with Gasteiger partial charge in [0.05, 0.1) is 16.8 Å². The molecule has 0 unspecified atom stereocenters. The van der Waals surface area contributed by atoms with Crippen LogP contribution in [-0.4, -0.2) is 26.4 Å². The van der Waals surface area contributed by atoms with Gasteiger partial charge in [-0.15, -0.1) is 0 Å². The number of para-hydroxylation sites is 1. The number of hydrogen-bond donors (Lipinski definition) is 1. The molecule has 5 heteroatoms. The molecule has 0 atom stereocenters. The average molecular weight is 356 g/mol. The van der Waals surface area contributed by atoms with Crippen LogP contribution in [-0.2, 0) is 6.54 Å². The number of aromatic nitrogens is 2. The second kappa shape index (κ2) is 6.88.